The van der Waals surface area contributed by atoms with Crippen molar-refractivity contribution in [3.8, 4) is 0 Å². The van der Waals surface area contributed by atoms with Gasteiger partial charge in [0, 0.05) is 19.6 Å². The summed E-state index contributed by atoms with van der Waals surface area (Å²) in [6, 6.07) is 0.499. The maximum atomic E-state index is 13.2. The molecule has 1 saturated heterocycles. The van der Waals surface area contributed by atoms with E-state index >= 15 is 0 Å². The van der Waals surface area contributed by atoms with Crippen molar-refractivity contribution < 1.29 is 14.0 Å². The second kappa shape index (κ2) is 6.71. The van der Waals surface area contributed by atoms with E-state index in [2.05, 4.69) is 10.3 Å². The van der Waals surface area contributed by atoms with Crippen molar-refractivity contribution in [3.63, 3.8) is 0 Å². The van der Waals surface area contributed by atoms with Crippen molar-refractivity contribution in [1.82, 2.24) is 15.2 Å². The Kier molecular flexibility index (Phi) is 4.95. The Bertz CT molecular complexity index is 555. The first kappa shape index (κ1) is 15.5. The normalized spacial score (nSPS) is 18.4. The van der Waals surface area contributed by atoms with Crippen molar-refractivity contribution in [2.45, 2.75) is 12.8 Å². The monoisotopic (exact) mass is 314 g/mol. The number of hydrogen-bond donors (Lipinski definition) is 2. The maximum Gasteiger partial charge on any atom is 0.312 e. The number of carbonyl (C=O) groups is 2. The van der Waals surface area contributed by atoms with E-state index in [1.807, 2.05) is 0 Å². The number of piperidine rings is 1. The molecule has 1 aromatic heterocycles. The summed E-state index contributed by atoms with van der Waals surface area (Å²) in [6.07, 6.45) is 2.66. The van der Waals surface area contributed by atoms with E-state index in [1.165, 1.54) is 0 Å². The van der Waals surface area contributed by atoms with Crippen LogP contribution in [-0.2, 0) is 0 Å². The highest BCUT2D eigenvalue weighted by Crippen LogP contribution is 2.21. The number of rotatable bonds is 3. The minimum atomic E-state index is -0.605. The summed E-state index contributed by atoms with van der Waals surface area (Å²) in [6.45, 7) is 1.44. The number of likely N-dealkylation sites (tertiary alicyclic amines) is 1. The Morgan fingerprint density at radius 2 is 2.33 bits per heavy atom. The Morgan fingerprint density at radius 3 is 3.05 bits per heavy atom. The molecule has 0 radical (unpaired) electrons. The van der Waals surface area contributed by atoms with Gasteiger partial charge in [-0.3, -0.25) is 4.79 Å². The van der Waals surface area contributed by atoms with Crippen molar-refractivity contribution in [2.24, 2.45) is 11.7 Å². The van der Waals surface area contributed by atoms with Crippen LogP contribution >= 0.6 is 11.6 Å². The molecule has 8 heteroatoms. The molecule has 0 spiro atoms. The minimum absolute atomic E-state index is 0.0150. The summed E-state index contributed by atoms with van der Waals surface area (Å²) in [5.74, 6) is -0.835. The third kappa shape index (κ3) is 4.04. The highest BCUT2D eigenvalue weighted by atomic mass is 35.5. The van der Waals surface area contributed by atoms with Gasteiger partial charge < -0.3 is 16.0 Å². The number of primary amides is 1. The summed E-state index contributed by atoms with van der Waals surface area (Å²) >= 11 is 5.85. The fraction of sp³-hybridized carbons (Fsp3) is 0.462. The van der Waals surface area contributed by atoms with E-state index < -0.39 is 11.8 Å². The molecule has 0 saturated carbocycles. The highest BCUT2D eigenvalue weighted by Gasteiger charge is 2.26. The Balaban J connectivity index is 2.05. The zero-order valence-electron chi connectivity index (χ0n) is 11.3. The van der Waals surface area contributed by atoms with Crippen LogP contribution < -0.4 is 11.1 Å². The van der Waals surface area contributed by atoms with Crippen molar-refractivity contribution in [3.05, 3.63) is 28.8 Å². The Hall–Kier alpha value is -1.89. The average molecular weight is 315 g/mol. The van der Waals surface area contributed by atoms with Gasteiger partial charge in [0.05, 0.1) is 11.8 Å². The number of aromatic nitrogens is 1. The molecule has 3 N–H and O–H groups in total. The van der Waals surface area contributed by atoms with Gasteiger partial charge in [0.2, 0.25) is 0 Å². The van der Waals surface area contributed by atoms with Crippen LogP contribution in [0.2, 0.25) is 5.15 Å². The van der Waals surface area contributed by atoms with E-state index in [1.54, 1.807) is 4.90 Å². The van der Waals surface area contributed by atoms with Crippen molar-refractivity contribution in [1.29, 1.82) is 0 Å². The zero-order valence-corrected chi connectivity index (χ0v) is 12.1. The lowest BCUT2D eigenvalue weighted by molar-refractivity contribution is 0.0674. The van der Waals surface area contributed by atoms with Gasteiger partial charge in [-0.15, -0.1) is 0 Å². The third-order valence-corrected chi connectivity index (χ3v) is 3.71. The molecule has 2 rings (SSSR count). The van der Waals surface area contributed by atoms with Crippen LogP contribution in [0.15, 0.2) is 12.3 Å². The SMILES string of the molecule is NC(=O)NCC1CCCN(C(=O)c2cc(F)cnc2Cl)C1. The van der Waals surface area contributed by atoms with Gasteiger partial charge in [0.15, 0.2) is 0 Å². The van der Waals surface area contributed by atoms with Gasteiger partial charge in [0.25, 0.3) is 5.91 Å². The topological polar surface area (TPSA) is 88.3 Å². The molecule has 1 aliphatic rings. The molecule has 0 bridgehead atoms. The number of urea groups is 1. The van der Waals surface area contributed by atoms with E-state index in [9.17, 15) is 14.0 Å². The highest BCUT2D eigenvalue weighted by molar-refractivity contribution is 6.32. The van der Waals surface area contributed by atoms with E-state index in [-0.39, 0.29) is 22.5 Å². The standard InChI is InChI=1S/C13H16ClFN4O2/c14-11-10(4-9(15)6-17-11)12(20)19-3-1-2-8(7-19)5-18-13(16)21/h4,6,8H,1-3,5,7H2,(H3,16,18,21). The number of nitrogens with one attached hydrogen (secondary N) is 1. The fourth-order valence-electron chi connectivity index (χ4n) is 2.40. The van der Waals surface area contributed by atoms with Crippen LogP contribution in [0.4, 0.5) is 9.18 Å². The fourth-order valence-corrected chi connectivity index (χ4v) is 2.59. The summed E-state index contributed by atoms with van der Waals surface area (Å²) in [5, 5.41) is 2.52. The molecular formula is C13H16ClFN4O2. The van der Waals surface area contributed by atoms with Crippen LogP contribution in [0.1, 0.15) is 23.2 Å². The van der Waals surface area contributed by atoms with Gasteiger partial charge >= 0.3 is 6.03 Å². The first-order valence-corrected chi connectivity index (χ1v) is 6.99. The first-order chi connectivity index (χ1) is 9.97. The second-order valence-corrected chi connectivity index (χ2v) is 5.35. The quantitative estimate of drug-likeness (QED) is 0.826. The molecule has 2 heterocycles. The maximum absolute atomic E-state index is 13.2. The van der Waals surface area contributed by atoms with Gasteiger partial charge in [-0.2, -0.15) is 0 Å². The lowest BCUT2D eigenvalue weighted by Gasteiger charge is -2.32. The number of carbonyl (C=O) groups excluding carboxylic acids is 2. The van der Waals surface area contributed by atoms with Crippen molar-refractivity contribution >= 4 is 23.5 Å². The van der Waals surface area contributed by atoms with Gasteiger partial charge in [0.1, 0.15) is 11.0 Å². The summed E-state index contributed by atoms with van der Waals surface area (Å²) in [7, 11) is 0. The molecular weight excluding hydrogens is 299 g/mol. The first-order valence-electron chi connectivity index (χ1n) is 6.61. The molecule has 1 atom stereocenters. The second-order valence-electron chi connectivity index (χ2n) is 5.00. The number of halogens is 2. The largest absolute Gasteiger partial charge is 0.352 e. The van der Waals surface area contributed by atoms with E-state index in [0.717, 1.165) is 25.1 Å². The molecule has 21 heavy (non-hydrogen) atoms. The van der Waals surface area contributed by atoms with Gasteiger partial charge in [-0.05, 0) is 24.8 Å². The molecule has 1 fully saturated rings. The predicted octanol–water partition coefficient (Wildman–Crippen LogP) is 1.39. The lowest BCUT2D eigenvalue weighted by Crippen LogP contribution is -2.44. The number of nitrogens with zero attached hydrogens (tertiary/aromatic N) is 2. The van der Waals surface area contributed by atoms with Gasteiger partial charge in [-0.25, -0.2) is 14.2 Å². The number of hydrogen-bond acceptors (Lipinski definition) is 3. The average Bonchev–Trinajstić information content (AvgIpc) is 2.47. The lowest BCUT2D eigenvalue weighted by atomic mass is 9.97. The Morgan fingerprint density at radius 1 is 1.57 bits per heavy atom. The molecule has 1 aliphatic heterocycles. The molecule has 3 amide bonds. The number of pyridine rings is 1. The molecule has 114 valence electrons. The molecule has 1 aromatic rings. The predicted molar refractivity (Wildman–Crippen MR) is 75.4 cm³/mol. The third-order valence-electron chi connectivity index (χ3n) is 3.41. The summed E-state index contributed by atoms with van der Waals surface area (Å²) in [4.78, 5) is 28.3. The number of amides is 3. The van der Waals surface area contributed by atoms with Crippen LogP contribution in [0.3, 0.4) is 0 Å². The summed E-state index contributed by atoms with van der Waals surface area (Å²) < 4.78 is 13.2. The van der Waals surface area contributed by atoms with Crippen LogP contribution in [-0.4, -0.2) is 41.5 Å². The van der Waals surface area contributed by atoms with E-state index in [0.29, 0.717) is 19.6 Å². The summed E-state index contributed by atoms with van der Waals surface area (Å²) in [5.41, 5.74) is 5.09. The molecule has 1 unspecified atom stereocenters. The van der Waals surface area contributed by atoms with E-state index in [4.69, 9.17) is 17.3 Å². The smallest absolute Gasteiger partial charge is 0.312 e. The minimum Gasteiger partial charge on any atom is -0.352 e. The van der Waals surface area contributed by atoms with Gasteiger partial charge in [-0.1, -0.05) is 11.6 Å². The zero-order chi connectivity index (χ0) is 15.4. The van der Waals surface area contributed by atoms with Crippen LogP contribution in [0.5, 0.6) is 0 Å². The molecule has 0 aliphatic carbocycles. The number of nitrogens with two attached hydrogens (primary N) is 1. The molecule has 6 nitrogen and oxygen atoms in total. The Labute approximate surface area is 126 Å². The van der Waals surface area contributed by atoms with Crippen LogP contribution in [0, 0.1) is 11.7 Å². The van der Waals surface area contributed by atoms with Crippen molar-refractivity contribution in [2.75, 3.05) is 19.6 Å². The molecule has 0 aromatic carbocycles. The van der Waals surface area contributed by atoms with Crippen LogP contribution in [0.25, 0.3) is 0 Å².